The van der Waals surface area contributed by atoms with Gasteiger partial charge in [-0.1, -0.05) is 12.5 Å². The van der Waals surface area contributed by atoms with Crippen molar-refractivity contribution in [2.75, 3.05) is 6.54 Å². The van der Waals surface area contributed by atoms with Crippen LogP contribution in [0.1, 0.15) is 30.6 Å². The SMILES string of the molecule is O=C(CCc1cccs1)C1CCCCN1. The van der Waals surface area contributed by atoms with Gasteiger partial charge in [-0.15, -0.1) is 11.3 Å². The summed E-state index contributed by atoms with van der Waals surface area (Å²) in [5, 5.41) is 5.37. The van der Waals surface area contributed by atoms with Crippen molar-refractivity contribution in [3.05, 3.63) is 22.4 Å². The van der Waals surface area contributed by atoms with Crippen molar-refractivity contribution in [3.8, 4) is 0 Å². The molecule has 0 spiro atoms. The summed E-state index contributed by atoms with van der Waals surface area (Å²) in [5.74, 6) is 0.392. The number of carbonyl (C=O) groups excluding carboxylic acids is 1. The summed E-state index contributed by atoms with van der Waals surface area (Å²) in [5.41, 5.74) is 0. The normalized spacial score (nSPS) is 21.5. The Morgan fingerprint density at radius 3 is 3.13 bits per heavy atom. The molecule has 1 unspecified atom stereocenters. The minimum atomic E-state index is 0.138. The maximum absolute atomic E-state index is 11.8. The average Bonchev–Trinajstić information content (AvgIpc) is 2.80. The maximum atomic E-state index is 11.8. The molecule has 2 nitrogen and oxygen atoms in total. The fourth-order valence-electron chi connectivity index (χ4n) is 2.00. The fraction of sp³-hybridized carbons (Fsp3) is 0.583. The third-order valence-electron chi connectivity index (χ3n) is 2.90. The Labute approximate surface area is 94.7 Å². The van der Waals surface area contributed by atoms with E-state index in [4.69, 9.17) is 0 Å². The van der Waals surface area contributed by atoms with Crippen LogP contribution in [0, 0.1) is 0 Å². The molecule has 82 valence electrons. The summed E-state index contributed by atoms with van der Waals surface area (Å²) < 4.78 is 0. The van der Waals surface area contributed by atoms with Crippen LogP contribution in [0.25, 0.3) is 0 Å². The second kappa shape index (κ2) is 5.42. The number of hydrogen-bond acceptors (Lipinski definition) is 3. The van der Waals surface area contributed by atoms with Gasteiger partial charge in [0.15, 0.2) is 0 Å². The summed E-state index contributed by atoms with van der Waals surface area (Å²) in [4.78, 5) is 13.2. The van der Waals surface area contributed by atoms with Crippen LogP contribution in [0.15, 0.2) is 17.5 Å². The van der Waals surface area contributed by atoms with Gasteiger partial charge < -0.3 is 5.32 Å². The van der Waals surface area contributed by atoms with Crippen LogP contribution in [0.5, 0.6) is 0 Å². The van der Waals surface area contributed by atoms with Gasteiger partial charge in [-0.05, 0) is 37.3 Å². The molecule has 0 amide bonds. The van der Waals surface area contributed by atoms with Gasteiger partial charge in [-0.3, -0.25) is 4.79 Å². The molecule has 1 aromatic heterocycles. The minimum Gasteiger partial charge on any atom is -0.307 e. The van der Waals surface area contributed by atoms with Crippen LogP contribution in [0.4, 0.5) is 0 Å². The Bertz CT molecular complexity index is 301. The van der Waals surface area contributed by atoms with E-state index < -0.39 is 0 Å². The predicted octanol–water partition coefficient (Wildman–Crippen LogP) is 2.39. The predicted molar refractivity (Wildman–Crippen MR) is 63.3 cm³/mol. The third-order valence-corrected chi connectivity index (χ3v) is 3.83. The molecule has 2 heterocycles. The van der Waals surface area contributed by atoms with E-state index in [2.05, 4.69) is 16.8 Å². The zero-order valence-electron chi connectivity index (χ0n) is 8.87. The molecule has 1 aliphatic heterocycles. The number of rotatable bonds is 4. The number of nitrogens with one attached hydrogen (secondary N) is 1. The molecule has 3 heteroatoms. The van der Waals surface area contributed by atoms with Crippen molar-refractivity contribution >= 4 is 17.1 Å². The van der Waals surface area contributed by atoms with E-state index in [-0.39, 0.29) is 6.04 Å². The van der Waals surface area contributed by atoms with E-state index in [1.807, 2.05) is 6.07 Å². The summed E-state index contributed by atoms with van der Waals surface area (Å²) >= 11 is 1.74. The molecule has 1 aliphatic rings. The molecule has 1 aromatic rings. The molecule has 0 aromatic carbocycles. The van der Waals surface area contributed by atoms with Crippen molar-refractivity contribution in [1.82, 2.24) is 5.32 Å². The molecular weight excluding hydrogens is 206 g/mol. The molecule has 0 bridgehead atoms. The first kappa shape index (κ1) is 10.8. The molecule has 1 atom stereocenters. The number of piperidine rings is 1. The van der Waals surface area contributed by atoms with Gasteiger partial charge in [-0.25, -0.2) is 0 Å². The second-order valence-corrected chi connectivity index (χ2v) is 5.08. The van der Waals surface area contributed by atoms with Gasteiger partial charge in [0, 0.05) is 11.3 Å². The van der Waals surface area contributed by atoms with E-state index >= 15 is 0 Å². The third kappa shape index (κ3) is 3.14. The molecule has 0 saturated carbocycles. The number of thiophene rings is 1. The van der Waals surface area contributed by atoms with Crippen molar-refractivity contribution in [1.29, 1.82) is 0 Å². The summed E-state index contributed by atoms with van der Waals surface area (Å²) in [7, 11) is 0. The highest BCUT2D eigenvalue weighted by atomic mass is 32.1. The minimum absolute atomic E-state index is 0.138. The van der Waals surface area contributed by atoms with Crippen molar-refractivity contribution in [2.45, 2.75) is 38.1 Å². The Hall–Kier alpha value is -0.670. The zero-order chi connectivity index (χ0) is 10.5. The van der Waals surface area contributed by atoms with Crippen LogP contribution >= 0.6 is 11.3 Å². The highest BCUT2D eigenvalue weighted by Crippen LogP contribution is 2.14. The van der Waals surface area contributed by atoms with Gasteiger partial charge in [0.1, 0.15) is 5.78 Å². The molecule has 2 rings (SSSR count). The molecule has 15 heavy (non-hydrogen) atoms. The fourth-order valence-corrected chi connectivity index (χ4v) is 2.71. The van der Waals surface area contributed by atoms with Gasteiger partial charge in [-0.2, -0.15) is 0 Å². The Kier molecular flexibility index (Phi) is 3.92. The number of Topliss-reactive ketones (excluding diaryl/α,β-unsaturated/α-hetero) is 1. The van der Waals surface area contributed by atoms with E-state index in [1.54, 1.807) is 11.3 Å². The number of ketones is 1. The molecule has 0 aliphatic carbocycles. The lowest BCUT2D eigenvalue weighted by atomic mass is 9.98. The number of aryl methyl sites for hydroxylation is 1. The highest BCUT2D eigenvalue weighted by Gasteiger charge is 2.19. The number of hydrogen-bond donors (Lipinski definition) is 1. The second-order valence-electron chi connectivity index (χ2n) is 4.05. The van der Waals surface area contributed by atoms with Crippen LogP contribution in [0.2, 0.25) is 0 Å². The lowest BCUT2D eigenvalue weighted by Gasteiger charge is -2.21. The Balaban J connectivity index is 1.76. The average molecular weight is 223 g/mol. The largest absolute Gasteiger partial charge is 0.307 e. The van der Waals surface area contributed by atoms with Crippen molar-refractivity contribution in [2.24, 2.45) is 0 Å². The quantitative estimate of drug-likeness (QED) is 0.849. The van der Waals surface area contributed by atoms with Crippen LogP contribution in [-0.4, -0.2) is 18.4 Å². The van der Waals surface area contributed by atoms with Crippen molar-refractivity contribution < 1.29 is 4.79 Å². The van der Waals surface area contributed by atoms with Crippen LogP contribution < -0.4 is 5.32 Å². The van der Waals surface area contributed by atoms with E-state index in [0.717, 1.165) is 19.4 Å². The zero-order valence-corrected chi connectivity index (χ0v) is 9.69. The lowest BCUT2D eigenvalue weighted by Crippen LogP contribution is -2.40. The van der Waals surface area contributed by atoms with Crippen molar-refractivity contribution in [3.63, 3.8) is 0 Å². The smallest absolute Gasteiger partial charge is 0.150 e. The van der Waals surface area contributed by atoms with E-state index in [1.165, 1.54) is 17.7 Å². The highest BCUT2D eigenvalue weighted by molar-refractivity contribution is 7.09. The van der Waals surface area contributed by atoms with Gasteiger partial charge in [0.2, 0.25) is 0 Å². The summed E-state index contributed by atoms with van der Waals surface area (Å²) in [6.07, 6.45) is 5.05. The topological polar surface area (TPSA) is 29.1 Å². The van der Waals surface area contributed by atoms with Gasteiger partial charge >= 0.3 is 0 Å². The van der Waals surface area contributed by atoms with Gasteiger partial charge in [0.25, 0.3) is 0 Å². The number of carbonyl (C=O) groups is 1. The van der Waals surface area contributed by atoms with E-state index in [0.29, 0.717) is 12.2 Å². The monoisotopic (exact) mass is 223 g/mol. The lowest BCUT2D eigenvalue weighted by molar-refractivity contribution is -0.121. The molecule has 1 fully saturated rings. The molecule has 1 saturated heterocycles. The first-order chi connectivity index (χ1) is 7.36. The van der Waals surface area contributed by atoms with E-state index in [9.17, 15) is 4.79 Å². The Morgan fingerprint density at radius 1 is 1.53 bits per heavy atom. The van der Waals surface area contributed by atoms with Crippen LogP contribution in [-0.2, 0) is 11.2 Å². The Morgan fingerprint density at radius 2 is 2.47 bits per heavy atom. The van der Waals surface area contributed by atoms with Gasteiger partial charge in [0.05, 0.1) is 6.04 Å². The summed E-state index contributed by atoms with van der Waals surface area (Å²) in [6, 6.07) is 4.29. The van der Waals surface area contributed by atoms with Crippen LogP contribution in [0.3, 0.4) is 0 Å². The molecule has 1 N–H and O–H groups in total. The maximum Gasteiger partial charge on any atom is 0.150 e. The molecular formula is C12H17NOS. The first-order valence-electron chi connectivity index (χ1n) is 5.65. The first-order valence-corrected chi connectivity index (χ1v) is 6.53. The molecule has 0 radical (unpaired) electrons. The standard InChI is InChI=1S/C12H17NOS/c14-12(11-5-1-2-8-13-11)7-6-10-4-3-9-15-10/h3-4,9,11,13H,1-2,5-8H2. The summed E-state index contributed by atoms with van der Waals surface area (Å²) in [6.45, 7) is 1.01.